The molecule has 0 aliphatic rings. The molecule has 5 nitrogen and oxygen atoms in total. The highest BCUT2D eigenvalue weighted by atomic mass is 127. The third-order valence-electron chi connectivity index (χ3n) is 3.40. The van der Waals surface area contributed by atoms with Gasteiger partial charge in [-0.25, -0.2) is 0 Å². The van der Waals surface area contributed by atoms with Gasteiger partial charge in [0.15, 0.2) is 5.96 Å². The molecule has 0 spiro atoms. The Morgan fingerprint density at radius 3 is 2.38 bits per heavy atom. The summed E-state index contributed by atoms with van der Waals surface area (Å²) in [5.74, 6) is 0.671. The summed E-state index contributed by atoms with van der Waals surface area (Å²) in [6, 6.07) is 9.71. The number of guanidine groups is 1. The summed E-state index contributed by atoms with van der Waals surface area (Å²) >= 11 is 1.68. The van der Waals surface area contributed by atoms with E-state index >= 15 is 0 Å². The number of hydrogen-bond donors (Lipinski definition) is 3. The molecule has 0 bridgehead atoms. The number of carbonyl (C=O) groups excluding carboxylic acids is 1. The predicted octanol–water partition coefficient (Wildman–Crippen LogP) is 3.76. The van der Waals surface area contributed by atoms with Gasteiger partial charge in [-0.05, 0) is 60.9 Å². The van der Waals surface area contributed by atoms with Gasteiger partial charge in [0.25, 0.3) is 5.91 Å². The van der Waals surface area contributed by atoms with Crippen LogP contribution in [0, 0.1) is 0 Å². The number of halogens is 1. The normalized spacial score (nSPS) is 11.5. The Kier molecular flexibility index (Phi) is 9.07. The molecule has 2 aromatic rings. The molecule has 0 fully saturated rings. The molecule has 1 heterocycles. The van der Waals surface area contributed by atoms with Crippen LogP contribution in [0.1, 0.15) is 42.3 Å². The van der Waals surface area contributed by atoms with E-state index in [-0.39, 0.29) is 35.4 Å². The summed E-state index contributed by atoms with van der Waals surface area (Å²) in [7, 11) is 1.75. The van der Waals surface area contributed by atoms with Crippen LogP contribution in [0.2, 0.25) is 0 Å². The largest absolute Gasteiger partial charge is 0.352 e. The second kappa shape index (κ2) is 10.5. The van der Waals surface area contributed by atoms with Crippen LogP contribution in [0.3, 0.4) is 0 Å². The zero-order valence-electron chi connectivity index (χ0n) is 15.6. The Morgan fingerprint density at radius 1 is 1.12 bits per heavy atom. The first-order chi connectivity index (χ1) is 11.9. The van der Waals surface area contributed by atoms with Crippen LogP contribution in [-0.4, -0.2) is 24.5 Å². The topological polar surface area (TPSA) is 65.5 Å². The average molecular weight is 486 g/mol. The Labute approximate surface area is 176 Å². The first-order valence-electron chi connectivity index (χ1n) is 8.24. The maximum absolute atomic E-state index is 12.3. The number of nitrogens with one attached hydrogen (secondary N) is 3. The molecule has 0 atom stereocenters. The van der Waals surface area contributed by atoms with Gasteiger partial charge in [0.05, 0.1) is 0 Å². The summed E-state index contributed by atoms with van der Waals surface area (Å²) in [4.78, 5) is 16.5. The van der Waals surface area contributed by atoms with Crippen molar-refractivity contribution in [1.29, 1.82) is 0 Å². The van der Waals surface area contributed by atoms with Gasteiger partial charge in [-0.3, -0.25) is 9.79 Å². The lowest BCUT2D eigenvalue weighted by Crippen LogP contribution is -2.40. The molecule has 0 saturated heterocycles. The molecule has 0 radical (unpaired) electrons. The zero-order valence-corrected chi connectivity index (χ0v) is 18.8. The minimum Gasteiger partial charge on any atom is -0.352 e. The number of benzene rings is 1. The van der Waals surface area contributed by atoms with E-state index in [1.54, 1.807) is 18.4 Å². The highest BCUT2D eigenvalue weighted by Gasteiger charge is 2.15. The molecule has 0 unspecified atom stereocenters. The van der Waals surface area contributed by atoms with E-state index in [4.69, 9.17) is 0 Å². The first-order valence-corrected chi connectivity index (χ1v) is 9.19. The number of thiophene rings is 1. The Balaban J connectivity index is 0.00000338. The Hall–Kier alpha value is -1.61. The fourth-order valence-corrected chi connectivity index (χ4v) is 2.89. The van der Waals surface area contributed by atoms with E-state index in [1.807, 2.05) is 45.0 Å². The molecular formula is C19H27IN4OS. The Morgan fingerprint density at radius 2 is 1.81 bits per heavy atom. The van der Waals surface area contributed by atoms with Gasteiger partial charge in [0.1, 0.15) is 0 Å². The second-order valence-electron chi connectivity index (χ2n) is 6.82. The third kappa shape index (κ3) is 7.74. The van der Waals surface area contributed by atoms with Gasteiger partial charge in [0.2, 0.25) is 0 Å². The minimum absolute atomic E-state index is 0. The summed E-state index contributed by atoms with van der Waals surface area (Å²) in [6.07, 6.45) is 0. The summed E-state index contributed by atoms with van der Waals surface area (Å²) < 4.78 is 0. The fourth-order valence-electron chi connectivity index (χ4n) is 2.22. The highest BCUT2D eigenvalue weighted by molar-refractivity contribution is 14.0. The molecular weight excluding hydrogens is 459 g/mol. The smallest absolute Gasteiger partial charge is 0.251 e. The van der Waals surface area contributed by atoms with Crippen molar-refractivity contribution in [3.8, 4) is 0 Å². The molecule has 3 N–H and O–H groups in total. The monoisotopic (exact) mass is 486 g/mol. The van der Waals surface area contributed by atoms with Crippen molar-refractivity contribution in [1.82, 2.24) is 16.0 Å². The van der Waals surface area contributed by atoms with Crippen LogP contribution in [0.5, 0.6) is 0 Å². The maximum Gasteiger partial charge on any atom is 0.251 e. The fraction of sp³-hybridized carbons (Fsp3) is 0.368. The number of aliphatic imine (C=N–C) groups is 1. The predicted molar refractivity (Wildman–Crippen MR) is 120 cm³/mol. The van der Waals surface area contributed by atoms with Crippen molar-refractivity contribution in [2.45, 2.75) is 39.4 Å². The van der Waals surface area contributed by atoms with Crippen molar-refractivity contribution >= 4 is 47.2 Å². The lowest BCUT2D eigenvalue weighted by atomic mass is 10.1. The van der Waals surface area contributed by atoms with Gasteiger partial charge in [-0.15, -0.1) is 24.0 Å². The SMILES string of the molecule is CN=C(NCc1ccsc1)NCc1cccc(C(=O)NC(C)(C)C)c1.I. The lowest BCUT2D eigenvalue weighted by molar-refractivity contribution is 0.0919. The summed E-state index contributed by atoms with van der Waals surface area (Å²) in [6.45, 7) is 7.25. The van der Waals surface area contributed by atoms with Crippen molar-refractivity contribution in [3.05, 3.63) is 57.8 Å². The van der Waals surface area contributed by atoms with Crippen LogP contribution in [0.25, 0.3) is 0 Å². The van der Waals surface area contributed by atoms with Gasteiger partial charge >= 0.3 is 0 Å². The highest BCUT2D eigenvalue weighted by Crippen LogP contribution is 2.08. The second-order valence-corrected chi connectivity index (χ2v) is 7.60. The van der Waals surface area contributed by atoms with E-state index in [2.05, 4.69) is 37.8 Å². The van der Waals surface area contributed by atoms with E-state index in [9.17, 15) is 4.79 Å². The van der Waals surface area contributed by atoms with Gasteiger partial charge in [-0.2, -0.15) is 11.3 Å². The molecule has 1 aromatic carbocycles. The van der Waals surface area contributed by atoms with E-state index < -0.39 is 0 Å². The van der Waals surface area contributed by atoms with Crippen LogP contribution >= 0.6 is 35.3 Å². The summed E-state index contributed by atoms with van der Waals surface area (Å²) in [5.41, 5.74) is 2.67. The number of carbonyl (C=O) groups is 1. The number of hydrogen-bond acceptors (Lipinski definition) is 3. The van der Waals surface area contributed by atoms with Gasteiger partial charge in [0, 0.05) is 31.2 Å². The number of rotatable bonds is 5. The molecule has 7 heteroatoms. The van der Waals surface area contributed by atoms with Crippen molar-refractivity contribution in [3.63, 3.8) is 0 Å². The standard InChI is InChI=1S/C19H26N4OS.HI/c1-19(2,3)23-17(24)16-7-5-6-14(10-16)11-21-18(20-4)22-12-15-8-9-25-13-15;/h5-10,13H,11-12H2,1-4H3,(H,23,24)(H2,20,21,22);1H. The molecule has 26 heavy (non-hydrogen) atoms. The zero-order chi connectivity index (χ0) is 18.3. The quantitative estimate of drug-likeness (QED) is 0.343. The first kappa shape index (κ1) is 22.4. The lowest BCUT2D eigenvalue weighted by Gasteiger charge is -2.20. The van der Waals surface area contributed by atoms with Crippen LogP contribution in [0.15, 0.2) is 46.1 Å². The minimum atomic E-state index is -0.251. The van der Waals surface area contributed by atoms with Gasteiger partial charge in [-0.1, -0.05) is 12.1 Å². The molecule has 1 aromatic heterocycles. The van der Waals surface area contributed by atoms with E-state index in [0.29, 0.717) is 12.1 Å². The van der Waals surface area contributed by atoms with Crippen molar-refractivity contribution in [2.24, 2.45) is 4.99 Å². The van der Waals surface area contributed by atoms with Crippen molar-refractivity contribution in [2.75, 3.05) is 7.05 Å². The van der Waals surface area contributed by atoms with Gasteiger partial charge < -0.3 is 16.0 Å². The summed E-state index contributed by atoms with van der Waals surface area (Å²) in [5, 5.41) is 13.7. The van der Waals surface area contributed by atoms with E-state index in [0.717, 1.165) is 18.1 Å². The molecule has 1 amide bonds. The third-order valence-corrected chi connectivity index (χ3v) is 4.13. The molecule has 0 saturated carbocycles. The van der Waals surface area contributed by atoms with E-state index in [1.165, 1.54) is 5.56 Å². The number of amides is 1. The van der Waals surface area contributed by atoms with Crippen LogP contribution in [0.4, 0.5) is 0 Å². The molecule has 0 aliphatic heterocycles. The molecule has 142 valence electrons. The molecule has 0 aliphatic carbocycles. The Bertz CT molecular complexity index is 723. The maximum atomic E-state index is 12.3. The average Bonchev–Trinajstić information content (AvgIpc) is 3.07. The van der Waals surface area contributed by atoms with Crippen LogP contribution < -0.4 is 16.0 Å². The van der Waals surface area contributed by atoms with Crippen molar-refractivity contribution < 1.29 is 4.79 Å². The molecule has 2 rings (SSSR count). The van der Waals surface area contributed by atoms with Crippen LogP contribution in [-0.2, 0) is 13.1 Å². The number of nitrogens with zero attached hydrogens (tertiary/aromatic N) is 1.